The molecule has 2 aliphatic rings. The topological polar surface area (TPSA) is 54.1 Å². The number of carbonyl (C=O) groups excluding carboxylic acids is 1. The van der Waals surface area contributed by atoms with E-state index >= 15 is 0 Å². The van der Waals surface area contributed by atoms with E-state index in [9.17, 15) is 18.0 Å². The second-order valence-electron chi connectivity index (χ2n) is 9.36. The van der Waals surface area contributed by atoms with Crippen LogP contribution in [0, 0.1) is 29.3 Å². The summed E-state index contributed by atoms with van der Waals surface area (Å²) in [5.74, 6) is -0.859. The first-order chi connectivity index (χ1) is 16.0. The Bertz CT molecular complexity index is 1150. The number of fused-ring (bicyclic) bond motifs is 1. The van der Waals surface area contributed by atoms with Crippen LogP contribution in [0.3, 0.4) is 0 Å². The molecule has 33 heavy (non-hydrogen) atoms. The van der Waals surface area contributed by atoms with Crippen molar-refractivity contribution < 1.29 is 22.7 Å². The predicted octanol–water partition coefficient (Wildman–Crippen LogP) is 5.68. The molecule has 4 nitrogen and oxygen atoms in total. The second kappa shape index (κ2) is 9.21. The fraction of sp³-hybridized carbons (Fsp3) is 0.423. The van der Waals surface area contributed by atoms with Gasteiger partial charge in [0.15, 0.2) is 0 Å². The second-order valence-corrected chi connectivity index (χ2v) is 9.36. The summed E-state index contributed by atoms with van der Waals surface area (Å²) >= 11 is 0. The van der Waals surface area contributed by atoms with Gasteiger partial charge in [-0.3, -0.25) is 4.79 Å². The monoisotopic (exact) mass is 456 g/mol. The maximum absolute atomic E-state index is 14.5. The summed E-state index contributed by atoms with van der Waals surface area (Å²) in [5, 5.41) is 3.57. The Kier molecular flexibility index (Phi) is 6.15. The van der Waals surface area contributed by atoms with Gasteiger partial charge in [-0.1, -0.05) is 0 Å². The average molecular weight is 457 g/mol. The molecule has 1 amide bonds. The van der Waals surface area contributed by atoms with Crippen molar-refractivity contribution in [3.05, 3.63) is 59.4 Å². The zero-order valence-corrected chi connectivity index (χ0v) is 18.3. The van der Waals surface area contributed by atoms with Gasteiger partial charge >= 0.3 is 0 Å². The van der Waals surface area contributed by atoms with Gasteiger partial charge in [0.1, 0.15) is 17.5 Å². The molecule has 2 heterocycles. The molecular weight excluding hydrogens is 429 g/mol. The van der Waals surface area contributed by atoms with Gasteiger partial charge in [-0.15, -0.1) is 0 Å². The van der Waals surface area contributed by atoms with E-state index in [2.05, 4.69) is 10.3 Å². The molecule has 7 heteroatoms. The van der Waals surface area contributed by atoms with Crippen molar-refractivity contribution in [2.45, 2.75) is 38.0 Å². The number of halogens is 3. The molecule has 1 aliphatic heterocycles. The van der Waals surface area contributed by atoms with Gasteiger partial charge in [0.2, 0.25) is 5.91 Å². The summed E-state index contributed by atoms with van der Waals surface area (Å²) in [6, 6.07) is 8.23. The fourth-order valence-electron chi connectivity index (χ4n) is 5.21. The van der Waals surface area contributed by atoms with E-state index in [1.54, 1.807) is 12.1 Å². The number of aromatic amines is 1. The first-order valence-electron chi connectivity index (χ1n) is 11.6. The number of amides is 1. The van der Waals surface area contributed by atoms with E-state index in [0.717, 1.165) is 49.5 Å². The average Bonchev–Trinajstić information content (AvgIpc) is 3.13. The fourth-order valence-corrected chi connectivity index (χ4v) is 5.21. The Morgan fingerprint density at radius 3 is 2.58 bits per heavy atom. The lowest BCUT2D eigenvalue weighted by molar-refractivity contribution is -0.123. The Hall–Kier alpha value is -2.80. The SMILES string of the molecule is O=C(CC1CCCOC1)NCC1CC(c2c(-c3ccc(F)cc3)[nH]c3c(F)cc(F)cc23)C1. The number of hydrogen-bond acceptors (Lipinski definition) is 2. The Labute approximate surface area is 190 Å². The van der Waals surface area contributed by atoms with Crippen molar-refractivity contribution in [3.63, 3.8) is 0 Å². The third-order valence-corrected chi connectivity index (χ3v) is 6.96. The number of benzene rings is 2. The quantitative estimate of drug-likeness (QED) is 0.502. The van der Waals surface area contributed by atoms with E-state index in [-0.39, 0.29) is 23.2 Å². The van der Waals surface area contributed by atoms with Crippen LogP contribution >= 0.6 is 0 Å². The molecule has 2 aromatic carbocycles. The lowest BCUT2D eigenvalue weighted by Gasteiger charge is -2.36. The summed E-state index contributed by atoms with van der Waals surface area (Å²) < 4.78 is 47.4. The highest BCUT2D eigenvalue weighted by Crippen LogP contribution is 2.48. The number of ether oxygens (including phenoxy) is 1. The Balaban J connectivity index is 1.30. The van der Waals surface area contributed by atoms with Gasteiger partial charge in [0, 0.05) is 37.6 Å². The molecule has 1 aliphatic carbocycles. The van der Waals surface area contributed by atoms with Crippen molar-refractivity contribution >= 4 is 16.8 Å². The van der Waals surface area contributed by atoms with Gasteiger partial charge in [-0.2, -0.15) is 0 Å². The van der Waals surface area contributed by atoms with Crippen LogP contribution in [-0.2, 0) is 9.53 Å². The number of H-pyrrole nitrogens is 1. The Morgan fingerprint density at radius 1 is 1.06 bits per heavy atom. The van der Waals surface area contributed by atoms with Crippen molar-refractivity contribution in [2.24, 2.45) is 11.8 Å². The minimum absolute atomic E-state index is 0.0530. The molecule has 1 aromatic heterocycles. The van der Waals surface area contributed by atoms with Crippen molar-refractivity contribution in [2.75, 3.05) is 19.8 Å². The largest absolute Gasteiger partial charge is 0.381 e. The summed E-state index contributed by atoms with van der Waals surface area (Å²) in [7, 11) is 0. The van der Waals surface area contributed by atoms with Crippen molar-refractivity contribution in [3.8, 4) is 11.3 Å². The maximum atomic E-state index is 14.5. The van der Waals surface area contributed by atoms with E-state index in [1.165, 1.54) is 18.2 Å². The van der Waals surface area contributed by atoms with Crippen LogP contribution in [0.2, 0.25) is 0 Å². The molecular formula is C26H27F3N2O2. The molecule has 3 aromatic rings. The highest BCUT2D eigenvalue weighted by molar-refractivity contribution is 5.92. The summed E-state index contributed by atoms with van der Waals surface area (Å²) in [6.45, 7) is 2.03. The smallest absolute Gasteiger partial charge is 0.220 e. The van der Waals surface area contributed by atoms with Gasteiger partial charge in [0.05, 0.1) is 11.2 Å². The van der Waals surface area contributed by atoms with Crippen molar-refractivity contribution in [1.82, 2.24) is 10.3 Å². The zero-order chi connectivity index (χ0) is 22.9. The minimum atomic E-state index is -0.644. The first kappa shape index (κ1) is 22.0. The maximum Gasteiger partial charge on any atom is 0.220 e. The highest BCUT2D eigenvalue weighted by Gasteiger charge is 2.35. The highest BCUT2D eigenvalue weighted by atomic mass is 19.1. The molecule has 1 saturated heterocycles. The molecule has 5 rings (SSSR count). The Morgan fingerprint density at radius 2 is 1.85 bits per heavy atom. The molecule has 1 unspecified atom stereocenters. The minimum Gasteiger partial charge on any atom is -0.381 e. The van der Waals surface area contributed by atoms with Crippen LogP contribution in [0.4, 0.5) is 13.2 Å². The molecule has 2 fully saturated rings. The summed E-state index contributed by atoms with van der Waals surface area (Å²) in [6.07, 6.45) is 4.15. The van der Waals surface area contributed by atoms with E-state index in [4.69, 9.17) is 4.74 Å². The number of hydrogen-bond donors (Lipinski definition) is 2. The van der Waals surface area contributed by atoms with Crippen LogP contribution in [-0.4, -0.2) is 30.6 Å². The normalized spacial score (nSPS) is 22.8. The third kappa shape index (κ3) is 4.64. The third-order valence-electron chi connectivity index (χ3n) is 6.96. The van der Waals surface area contributed by atoms with Crippen LogP contribution in [0.5, 0.6) is 0 Å². The lowest BCUT2D eigenvalue weighted by Crippen LogP contribution is -2.36. The molecule has 0 spiro atoms. The number of nitrogens with one attached hydrogen (secondary N) is 2. The van der Waals surface area contributed by atoms with Gasteiger partial charge < -0.3 is 15.0 Å². The lowest BCUT2D eigenvalue weighted by atomic mass is 9.70. The molecule has 1 saturated carbocycles. The molecule has 174 valence electrons. The van der Waals surface area contributed by atoms with E-state index in [1.807, 2.05) is 0 Å². The van der Waals surface area contributed by atoms with Gasteiger partial charge in [0.25, 0.3) is 0 Å². The first-order valence-corrected chi connectivity index (χ1v) is 11.6. The van der Waals surface area contributed by atoms with E-state index in [0.29, 0.717) is 42.5 Å². The van der Waals surface area contributed by atoms with Crippen molar-refractivity contribution in [1.29, 1.82) is 0 Å². The standard InChI is InChI=1S/C26H27F3N2O2/c27-19-5-3-17(4-6-19)25-24(21-11-20(28)12-22(29)26(21)31-25)18-8-16(9-18)13-30-23(32)10-15-2-1-7-33-14-15/h3-6,11-12,15-16,18,31H,1-2,7-10,13-14H2,(H,30,32). The summed E-state index contributed by atoms with van der Waals surface area (Å²) in [5.41, 5.74) is 2.54. The van der Waals surface area contributed by atoms with Crippen LogP contribution in [0.15, 0.2) is 36.4 Å². The van der Waals surface area contributed by atoms with Gasteiger partial charge in [-0.25, -0.2) is 13.2 Å². The van der Waals surface area contributed by atoms with Crippen LogP contribution < -0.4 is 5.32 Å². The predicted molar refractivity (Wildman–Crippen MR) is 120 cm³/mol. The molecule has 0 bridgehead atoms. The van der Waals surface area contributed by atoms with Crippen LogP contribution in [0.1, 0.15) is 43.6 Å². The molecule has 0 radical (unpaired) electrons. The van der Waals surface area contributed by atoms with Crippen LogP contribution in [0.25, 0.3) is 22.2 Å². The number of rotatable bonds is 6. The summed E-state index contributed by atoms with van der Waals surface area (Å²) in [4.78, 5) is 15.4. The number of aromatic nitrogens is 1. The molecule has 2 N–H and O–H groups in total. The molecule has 1 atom stereocenters. The van der Waals surface area contributed by atoms with E-state index < -0.39 is 11.6 Å². The zero-order valence-electron chi connectivity index (χ0n) is 18.3. The van der Waals surface area contributed by atoms with Gasteiger partial charge in [-0.05, 0) is 84.9 Å². The number of carbonyl (C=O) groups is 1.